The van der Waals surface area contributed by atoms with Crippen LogP contribution in [0.4, 0.5) is 0 Å². The van der Waals surface area contributed by atoms with Gasteiger partial charge in [0.15, 0.2) is 0 Å². The maximum absolute atomic E-state index is 11.9. The van der Waals surface area contributed by atoms with Crippen molar-refractivity contribution in [2.24, 2.45) is 5.92 Å². The first kappa shape index (κ1) is 15.2. The molecule has 2 N–H and O–H groups in total. The molecule has 0 aliphatic rings. The van der Waals surface area contributed by atoms with Gasteiger partial charge in [-0.1, -0.05) is 24.1 Å². The molecule has 0 bridgehead atoms. The summed E-state index contributed by atoms with van der Waals surface area (Å²) in [4.78, 5) is 22.5. The van der Waals surface area contributed by atoms with E-state index in [0.717, 1.165) is 11.1 Å². The molecule has 1 aromatic rings. The van der Waals surface area contributed by atoms with E-state index in [2.05, 4.69) is 5.32 Å². The number of carbonyl (C=O) groups excluding carboxylic acids is 1. The maximum atomic E-state index is 11.9. The Morgan fingerprint density at radius 3 is 2.32 bits per heavy atom. The van der Waals surface area contributed by atoms with Crippen LogP contribution in [0.3, 0.4) is 0 Å². The number of benzene rings is 1. The van der Waals surface area contributed by atoms with Crippen molar-refractivity contribution in [2.45, 2.75) is 33.6 Å². The van der Waals surface area contributed by atoms with Crippen molar-refractivity contribution in [3.63, 3.8) is 0 Å². The van der Waals surface area contributed by atoms with E-state index < -0.39 is 5.97 Å². The van der Waals surface area contributed by atoms with Crippen molar-refractivity contribution in [3.8, 4) is 0 Å². The van der Waals surface area contributed by atoms with Gasteiger partial charge in [-0.25, -0.2) is 0 Å². The third-order valence-electron chi connectivity index (χ3n) is 3.00. The van der Waals surface area contributed by atoms with Gasteiger partial charge in [0.05, 0.1) is 5.92 Å². The highest BCUT2D eigenvalue weighted by Crippen LogP contribution is 2.09. The van der Waals surface area contributed by atoms with Gasteiger partial charge < -0.3 is 10.4 Å². The summed E-state index contributed by atoms with van der Waals surface area (Å²) < 4.78 is 0. The summed E-state index contributed by atoms with van der Waals surface area (Å²) in [6.07, 6.45) is 1.24. The minimum absolute atomic E-state index is 0.102. The molecule has 1 rings (SSSR count). The van der Waals surface area contributed by atoms with Crippen LogP contribution in [0.2, 0.25) is 0 Å². The molecule has 1 aromatic carbocycles. The average Bonchev–Trinajstić information content (AvgIpc) is 2.32. The Balaban J connectivity index is 2.41. The summed E-state index contributed by atoms with van der Waals surface area (Å²) in [5, 5.41) is 11.6. The van der Waals surface area contributed by atoms with Crippen LogP contribution >= 0.6 is 0 Å². The summed E-state index contributed by atoms with van der Waals surface area (Å²) in [7, 11) is 0. The Labute approximate surface area is 113 Å². The zero-order valence-electron chi connectivity index (χ0n) is 11.7. The van der Waals surface area contributed by atoms with Crippen LogP contribution in [-0.2, 0) is 4.79 Å². The standard InChI is InChI=1S/C15H21NO3/c1-10-7-11(2)9-13(8-10)14(17)16-6-4-5-12(3)15(18)19/h7-9,12H,4-6H2,1-3H3,(H,16,17)(H,18,19). The fourth-order valence-electron chi connectivity index (χ4n) is 1.94. The first-order valence-electron chi connectivity index (χ1n) is 6.49. The monoisotopic (exact) mass is 263 g/mol. The summed E-state index contributed by atoms with van der Waals surface area (Å²) in [5.74, 6) is -1.26. The zero-order chi connectivity index (χ0) is 14.4. The number of rotatable bonds is 6. The molecule has 0 spiro atoms. The van der Waals surface area contributed by atoms with Gasteiger partial charge in [0.2, 0.25) is 0 Å². The van der Waals surface area contributed by atoms with Gasteiger partial charge >= 0.3 is 5.97 Å². The number of hydrogen-bond acceptors (Lipinski definition) is 2. The number of carboxylic acids is 1. The zero-order valence-corrected chi connectivity index (χ0v) is 11.7. The lowest BCUT2D eigenvalue weighted by Crippen LogP contribution is -2.25. The van der Waals surface area contributed by atoms with Gasteiger partial charge in [0.1, 0.15) is 0 Å². The molecular formula is C15H21NO3. The minimum Gasteiger partial charge on any atom is -0.481 e. The molecule has 0 saturated carbocycles. The molecular weight excluding hydrogens is 242 g/mol. The number of carbonyl (C=O) groups is 2. The Kier molecular flexibility index (Phi) is 5.55. The van der Waals surface area contributed by atoms with E-state index in [-0.39, 0.29) is 11.8 Å². The van der Waals surface area contributed by atoms with Crippen molar-refractivity contribution >= 4 is 11.9 Å². The molecule has 0 heterocycles. The van der Waals surface area contributed by atoms with Crippen LogP contribution in [0.25, 0.3) is 0 Å². The van der Waals surface area contributed by atoms with Gasteiger partial charge in [0, 0.05) is 12.1 Å². The molecule has 0 aliphatic carbocycles. The summed E-state index contributed by atoms with van der Waals surface area (Å²) in [6.45, 7) is 6.09. The largest absolute Gasteiger partial charge is 0.481 e. The number of nitrogens with one attached hydrogen (secondary N) is 1. The van der Waals surface area contributed by atoms with E-state index in [9.17, 15) is 9.59 Å². The Morgan fingerprint density at radius 1 is 1.21 bits per heavy atom. The highest BCUT2D eigenvalue weighted by atomic mass is 16.4. The lowest BCUT2D eigenvalue weighted by atomic mass is 10.1. The molecule has 1 unspecified atom stereocenters. The number of aliphatic carboxylic acids is 1. The SMILES string of the molecule is Cc1cc(C)cc(C(=O)NCCCC(C)C(=O)O)c1. The van der Waals surface area contributed by atoms with Crippen molar-refractivity contribution in [1.29, 1.82) is 0 Å². The quantitative estimate of drug-likeness (QED) is 0.775. The molecule has 4 nitrogen and oxygen atoms in total. The Morgan fingerprint density at radius 2 is 1.79 bits per heavy atom. The topological polar surface area (TPSA) is 66.4 Å². The number of hydrogen-bond donors (Lipinski definition) is 2. The molecule has 0 aliphatic heterocycles. The van der Waals surface area contributed by atoms with E-state index in [1.54, 1.807) is 6.92 Å². The normalized spacial score (nSPS) is 11.9. The second-order valence-electron chi connectivity index (χ2n) is 5.01. The maximum Gasteiger partial charge on any atom is 0.306 e. The highest BCUT2D eigenvalue weighted by Gasteiger charge is 2.10. The van der Waals surface area contributed by atoms with Crippen LogP contribution in [0, 0.1) is 19.8 Å². The van der Waals surface area contributed by atoms with Gasteiger partial charge in [-0.15, -0.1) is 0 Å². The van der Waals surface area contributed by atoms with E-state index in [4.69, 9.17) is 5.11 Å². The van der Waals surface area contributed by atoms with E-state index >= 15 is 0 Å². The van der Waals surface area contributed by atoms with Crippen molar-refractivity contribution in [3.05, 3.63) is 34.9 Å². The Hall–Kier alpha value is -1.84. The number of carboxylic acid groups (broad SMARTS) is 1. The second kappa shape index (κ2) is 6.92. The molecule has 4 heteroatoms. The van der Waals surface area contributed by atoms with Crippen LogP contribution in [-0.4, -0.2) is 23.5 Å². The van der Waals surface area contributed by atoms with Crippen molar-refractivity contribution < 1.29 is 14.7 Å². The van der Waals surface area contributed by atoms with Crippen molar-refractivity contribution in [2.75, 3.05) is 6.54 Å². The lowest BCUT2D eigenvalue weighted by Gasteiger charge is -2.08. The molecule has 0 fully saturated rings. The van der Waals surface area contributed by atoms with Crippen LogP contribution in [0.15, 0.2) is 18.2 Å². The average molecular weight is 263 g/mol. The first-order chi connectivity index (χ1) is 8.90. The fourth-order valence-corrected chi connectivity index (χ4v) is 1.94. The minimum atomic E-state index is -0.791. The predicted molar refractivity (Wildman–Crippen MR) is 74.3 cm³/mol. The van der Waals surface area contributed by atoms with Gasteiger partial charge in [-0.2, -0.15) is 0 Å². The molecule has 104 valence electrons. The fraction of sp³-hybridized carbons (Fsp3) is 0.467. The Bertz CT molecular complexity index is 448. The predicted octanol–water partition coefficient (Wildman–Crippen LogP) is 2.53. The third-order valence-corrected chi connectivity index (χ3v) is 3.00. The number of aryl methyl sites for hydroxylation is 2. The molecule has 0 radical (unpaired) electrons. The molecule has 1 amide bonds. The van der Waals surface area contributed by atoms with Crippen LogP contribution in [0.1, 0.15) is 41.3 Å². The van der Waals surface area contributed by atoms with Crippen LogP contribution < -0.4 is 5.32 Å². The van der Waals surface area contributed by atoms with Gasteiger partial charge in [-0.3, -0.25) is 9.59 Å². The van der Waals surface area contributed by atoms with E-state index in [1.807, 2.05) is 32.0 Å². The lowest BCUT2D eigenvalue weighted by molar-refractivity contribution is -0.141. The molecule has 19 heavy (non-hydrogen) atoms. The van der Waals surface area contributed by atoms with E-state index in [1.165, 1.54) is 0 Å². The number of amides is 1. The summed E-state index contributed by atoms with van der Waals surface area (Å²) >= 11 is 0. The molecule has 0 aromatic heterocycles. The smallest absolute Gasteiger partial charge is 0.306 e. The molecule has 1 atom stereocenters. The second-order valence-corrected chi connectivity index (χ2v) is 5.01. The van der Waals surface area contributed by atoms with Crippen LogP contribution in [0.5, 0.6) is 0 Å². The van der Waals surface area contributed by atoms with E-state index in [0.29, 0.717) is 24.9 Å². The molecule has 0 saturated heterocycles. The third kappa shape index (κ3) is 5.12. The summed E-state index contributed by atoms with van der Waals surface area (Å²) in [6, 6.07) is 5.72. The van der Waals surface area contributed by atoms with Gasteiger partial charge in [-0.05, 0) is 38.8 Å². The van der Waals surface area contributed by atoms with Crippen molar-refractivity contribution in [1.82, 2.24) is 5.32 Å². The van der Waals surface area contributed by atoms with Gasteiger partial charge in [0.25, 0.3) is 5.91 Å². The first-order valence-corrected chi connectivity index (χ1v) is 6.49. The highest BCUT2D eigenvalue weighted by molar-refractivity contribution is 5.94. The summed E-state index contributed by atoms with van der Waals surface area (Å²) in [5.41, 5.74) is 2.78.